The van der Waals surface area contributed by atoms with Crippen molar-refractivity contribution < 1.29 is 19.1 Å². The van der Waals surface area contributed by atoms with Gasteiger partial charge in [-0.3, -0.25) is 14.5 Å². The fourth-order valence-corrected chi connectivity index (χ4v) is 4.58. The molecule has 4 atom stereocenters. The van der Waals surface area contributed by atoms with Crippen molar-refractivity contribution in [3.05, 3.63) is 47.1 Å². The molecule has 5 heteroatoms. The molecule has 1 heterocycles. The Bertz CT molecular complexity index is 866. The molecule has 5 nitrogen and oxygen atoms in total. The summed E-state index contributed by atoms with van der Waals surface area (Å²) >= 11 is 0. The number of hydrogen-bond donors (Lipinski definition) is 0. The van der Waals surface area contributed by atoms with Gasteiger partial charge in [0.1, 0.15) is 0 Å². The minimum atomic E-state index is -0.290. The van der Waals surface area contributed by atoms with Gasteiger partial charge in [0.2, 0.25) is 11.8 Å². The summed E-state index contributed by atoms with van der Waals surface area (Å²) < 4.78 is 10.6. The number of imide groups is 1. The third-order valence-corrected chi connectivity index (χ3v) is 6.21. The summed E-state index contributed by atoms with van der Waals surface area (Å²) in [5.74, 6) is 0.754. The number of likely N-dealkylation sites (tertiary alicyclic amines) is 1. The molecule has 2 aliphatic rings. The highest BCUT2D eigenvalue weighted by Gasteiger charge is 2.53. The van der Waals surface area contributed by atoms with Gasteiger partial charge in [-0.15, -0.1) is 0 Å². The molecule has 2 amide bonds. The van der Waals surface area contributed by atoms with E-state index in [-0.39, 0.29) is 35.5 Å². The van der Waals surface area contributed by atoms with Gasteiger partial charge in [-0.25, -0.2) is 0 Å². The van der Waals surface area contributed by atoms with Crippen LogP contribution in [0.1, 0.15) is 33.3 Å². The maximum atomic E-state index is 13.2. The molecule has 0 saturated carbocycles. The van der Waals surface area contributed by atoms with E-state index in [0.717, 1.165) is 11.1 Å². The van der Waals surface area contributed by atoms with Crippen molar-refractivity contribution in [2.24, 2.45) is 23.7 Å². The van der Waals surface area contributed by atoms with E-state index < -0.39 is 0 Å². The minimum absolute atomic E-state index is 0.0104. The highest BCUT2D eigenvalue weighted by molar-refractivity contribution is 6.06. The van der Waals surface area contributed by atoms with E-state index in [0.29, 0.717) is 24.5 Å². The molecule has 1 aromatic carbocycles. The molecule has 29 heavy (non-hydrogen) atoms. The second-order valence-electron chi connectivity index (χ2n) is 8.34. The molecule has 1 aromatic rings. The van der Waals surface area contributed by atoms with Crippen LogP contribution < -0.4 is 9.47 Å². The third kappa shape index (κ3) is 3.96. The molecule has 1 aliphatic heterocycles. The molecular formula is C24H31NO4. The second-order valence-corrected chi connectivity index (χ2v) is 8.34. The molecule has 1 fully saturated rings. The lowest BCUT2D eigenvalue weighted by atomic mass is 9.69. The number of allylic oxidation sites excluding steroid dienone is 4. The Labute approximate surface area is 173 Å². The number of ether oxygens (including phenoxy) is 2. The van der Waals surface area contributed by atoms with Gasteiger partial charge in [0.25, 0.3) is 0 Å². The van der Waals surface area contributed by atoms with Gasteiger partial charge in [0.15, 0.2) is 11.5 Å². The van der Waals surface area contributed by atoms with E-state index >= 15 is 0 Å². The zero-order valence-corrected chi connectivity index (χ0v) is 18.2. The topological polar surface area (TPSA) is 55.8 Å². The highest BCUT2D eigenvalue weighted by atomic mass is 16.5. The molecule has 0 bridgehead atoms. The van der Waals surface area contributed by atoms with Crippen LogP contribution in [0.4, 0.5) is 0 Å². The number of carbonyl (C=O) groups excluding carboxylic acids is 2. The lowest BCUT2D eigenvalue weighted by molar-refractivity contribution is -0.140. The molecule has 4 unspecified atom stereocenters. The van der Waals surface area contributed by atoms with Crippen LogP contribution in [0.2, 0.25) is 0 Å². The summed E-state index contributed by atoms with van der Waals surface area (Å²) in [7, 11) is 3.20. The first-order valence-electron chi connectivity index (χ1n) is 10.2. The fourth-order valence-electron chi connectivity index (χ4n) is 4.58. The van der Waals surface area contributed by atoms with Gasteiger partial charge < -0.3 is 9.47 Å². The van der Waals surface area contributed by atoms with Crippen LogP contribution in [0.15, 0.2) is 41.5 Å². The first kappa shape index (κ1) is 21.2. The minimum Gasteiger partial charge on any atom is -0.493 e. The van der Waals surface area contributed by atoms with Crippen LogP contribution >= 0.6 is 0 Å². The van der Waals surface area contributed by atoms with Gasteiger partial charge in [-0.2, -0.15) is 0 Å². The van der Waals surface area contributed by atoms with E-state index in [1.807, 2.05) is 32.0 Å². The van der Waals surface area contributed by atoms with E-state index in [4.69, 9.17) is 9.47 Å². The highest BCUT2D eigenvalue weighted by Crippen LogP contribution is 2.45. The molecule has 1 aliphatic carbocycles. The number of nitrogens with zero attached hydrogens (tertiary/aromatic N) is 1. The van der Waals surface area contributed by atoms with Crippen LogP contribution in [-0.4, -0.2) is 37.5 Å². The van der Waals surface area contributed by atoms with Crippen LogP contribution in [0, 0.1) is 23.7 Å². The van der Waals surface area contributed by atoms with Crippen molar-refractivity contribution in [1.29, 1.82) is 0 Å². The van der Waals surface area contributed by atoms with E-state index in [9.17, 15) is 9.59 Å². The normalized spacial score (nSPS) is 26.1. The number of methoxy groups -OCH3 is 2. The van der Waals surface area contributed by atoms with Gasteiger partial charge in [0.05, 0.1) is 26.1 Å². The van der Waals surface area contributed by atoms with Crippen molar-refractivity contribution in [1.82, 2.24) is 4.90 Å². The van der Waals surface area contributed by atoms with Crippen molar-refractivity contribution in [2.45, 2.75) is 34.1 Å². The summed E-state index contributed by atoms with van der Waals surface area (Å²) in [4.78, 5) is 27.9. The predicted octanol–water partition coefficient (Wildman–Crippen LogP) is 4.03. The largest absolute Gasteiger partial charge is 0.493 e. The predicted molar refractivity (Wildman–Crippen MR) is 113 cm³/mol. The average molecular weight is 398 g/mol. The summed E-state index contributed by atoms with van der Waals surface area (Å²) in [5, 5.41) is 0. The smallest absolute Gasteiger partial charge is 0.234 e. The van der Waals surface area contributed by atoms with Crippen molar-refractivity contribution >= 4 is 11.8 Å². The van der Waals surface area contributed by atoms with Crippen LogP contribution in [0.5, 0.6) is 11.5 Å². The number of rotatable bonds is 6. The quantitative estimate of drug-likeness (QED) is 0.537. The first-order valence-corrected chi connectivity index (χ1v) is 10.2. The van der Waals surface area contributed by atoms with Crippen LogP contribution in [-0.2, 0) is 16.0 Å². The molecule has 0 spiro atoms. The Hall–Kier alpha value is -2.56. The summed E-state index contributed by atoms with van der Waals surface area (Å²) in [6.45, 7) is 8.58. The molecular weight excluding hydrogens is 366 g/mol. The van der Waals surface area contributed by atoms with Crippen LogP contribution in [0.3, 0.4) is 0 Å². The van der Waals surface area contributed by atoms with E-state index in [1.54, 1.807) is 14.2 Å². The average Bonchev–Trinajstić information content (AvgIpc) is 2.94. The lowest BCUT2D eigenvalue weighted by Crippen LogP contribution is -2.34. The standard InChI is InChI=1S/C24H31NO4/c1-14(2)11-18-12-15(3)16(4)21-22(18)24(27)25(23(21)26)10-9-17-7-8-19(28-5)20(13-17)29-6/h7-8,11-13,16,18,21-22H,9-10H2,1-6H3. The Kier molecular flexibility index (Phi) is 6.15. The molecule has 1 saturated heterocycles. The first-order chi connectivity index (χ1) is 13.8. The molecule has 3 rings (SSSR count). The molecule has 0 aromatic heterocycles. The zero-order valence-electron chi connectivity index (χ0n) is 18.2. The Balaban J connectivity index is 1.81. The lowest BCUT2D eigenvalue weighted by Gasteiger charge is -2.32. The Morgan fingerprint density at radius 2 is 1.72 bits per heavy atom. The Morgan fingerprint density at radius 1 is 1.07 bits per heavy atom. The SMILES string of the molecule is COc1ccc(CCN2C(=O)C3C(C=C(C)C)C=C(C)C(C)C3C2=O)cc1OC. The van der Waals surface area contributed by atoms with Gasteiger partial charge >= 0.3 is 0 Å². The molecule has 0 radical (unpaired) electrons. The van der Waals surface area contributed by atoms with Crippen molar-refractivity contribution in [2.75, 3.05) is 20.8 Å². The summed E-state index contributed by atoms with van der Waals surface area (Å²) in [5.41, 5.74) is 3.36. The number of carbonyl (C=O) groups is 2. The van der Waals surface area contributed by atoms with Gasteiger partial charge in [-0.05, 0) is 50.8 Å². The van der Waals surface area contributed by atoms with Crippen LogP contribution in [0.25, 0.3) is 0 Å². The third-order valence-electron chi connectivity index (χ3n) is 6.21. The molecule has 156 valence electrons. The number of benzene rings is 1. The summed E-state index contributed by atoms with van der Waals surface area (Å²) in [6, 6.07) is 5.69. The maximum absolute atomic E-state index is 13.2. The van der Waals surface area contributed by atoms with Crippen molar-refractivity contribution in [3.63, 3.8) is 0 Å². The maximum Gasteiger partial charge on any atom is 0.234 e. The van der Waals surface area contributed by atoms with E-state index in [2.05, 4.69) is 26.0 Å². The van der Waals surface area contributed by atoms with Crippen molar-refractivity contribution in [3.8, 4) is 11.5 Å². The van der Waals surface area contributed by atoms with E-state index in [1.165, 1.54) is 10.5 Å². The van der Waals surface area contributed by atoms with Gasteiger partial charge in [0, 0.05) is 12.5 Å². The number of hydrogen-bond acceptors (Lipinski definition) is 4. The summed E-state index contributed by atoms with van der Waals surface area (Å²) in [6.07, 6.45) is 4.88. The monoisotopic (exact) mass is 397 g/mol. The van der Waals surface area contributed by atoms with Gasteiger partial charge in [-0.1, -0.05) is 36.3 Å². The number of fused-ring (bicyclic) bond motifs is 1. The number of amides is 2. The zero-order chi connectivity index (χ0) is 21.3. The fraction of sp³-hybridized carbons (Fsp3) is 0.500. The Morgan fingerprint density at radius 3 is 2.34 bits per heavy atom. The second kappa shape index (κ2) is 8.44. The molecule has 0 N–H and O–H groups in total.